The minimum absolute atomic E-state index is 0.114. The van der Waals surface area contributed by atoms with Crippen molar-refractivity contribution in [1.82, 2.24) is 0 Å². The molecule has 0 fully saturated rings. The van der Waals surface area contributed by atoms with Crippen LogP contribution in [0.4, 0.5) is 5.69 Å². The first kappa shape index (κ1) is 20.7. The number of nitrogens with one attached hydrogen (secondary N) is 1. The van der Waals surface area contributed by atoms with Crippen LogP contribution in [0.15, 0.2) is 38.8 Å². The highest BCUT2D eigenvalue weighted by atomic mass is 16.5. The summed E-state index contributed by atoms with van der Waals surface area (Å²) in [7, 11) is 1.38. The number of methoxy groups -OCH3 is 1. The minimum atomic E-state index is -0.569. The Morgan fingerprint density at radius 3 is 2.74 bits per heavy atom. The van der Waals surface area contributed by atoms with E-state index in [2.05, 4.69) is 17.2 Å². The van der Waals surface area contributed by atoms with Crippen molar-refractivity contribution in [2.75, 3.05) is 32.1 Å². The van der Waals surface area contributed by atoms with Crippen molar-refractivity contribution >= 4 is 11.9 Å². The summed E-state index contributed by atoms with van der Waals surface area (Å²) in [6.07, 6.45) is 7.44. The fourth-order valence-corrected chi connectivity index (χ4v) is 2.69. The van der Waals surface area contributed by atoms with E-state index in [0.717, 1.165) is 24.3 Å². The predicted molar refractivity (Wildman–Crippen MR) is 110 cm³/mol. The first-order chi connectivity index (χ1) is 13.2. The van der Waals surface area contributed by atoms with E-state index < -0.39 is 10.9 Å². The molecule has 0 bridgehead atoms. The Hall–Kier alpha value is -2.63. The number of hydrogen-bond donors (Lipinski definition) is 1. The highest BCUT2D eigenvalue weighted by Gasteiger charge is 2.20. The fourth-order valence-electron chi connectivity index (χ4n) is 2.69. The summed E-state index contributed by atoms with van der Waals surface area (Å²) >= 11 is 0. The van der Waals surface area contributed by atoms with Crippen LogP contribution in [-0.2, 0) is 0 Å². The number of nitrogens with zero attached hydrogens (tertiary/aromatic N) is 1. The molecule has 6 heteroatoms. The zero-order chi connectivity index (χ0) is 19.5. The van der Waals surface area contributed by atoms with E-state index in [4.69, 9.17) is 9.47 Å². The van der Waals surface area contributed by atoms with Crippen molar-refractivity contribution in [3.05, 3.63) is 50.3 Å². The van der Waals surface area contributed by atoms with Gasteiger partial charge in [0.1, 0.15) is 11.4 Å². The van der Waals surface area contributed by atoms with E-state index in [1.807, 2.05) is 30.5 Å². The first-order valence-corrected chi connectivity index (χ1v) is 9.51. The summed E-state index contributed by atoms with van der Waals surface area (Å²) < 4.78 is 10.6. The highest BCUT2D eigenvalue weighted by Crippen LogP contribution is 2.16. The number of unbranched alkanes of at least 4 members (excludes halogenated alkanes) is 3. The molecule has 0 aliphatic carbocycles. The van der Waals surface area contributed by atoms with E-state index in [-0.39, 0.29) is 11.4 Å². The number of aliphatic imine (C=N–C) groups is 1. The highest BCUT2D eigenvalue weighted by molar-refractivity contribution is 5.80. The van der Waals surface area contributed by atoms with Crippen molar-refractivity contribution in [2.24, 2.45) is 4.99 Å². The standard InChI is InChI=1S/C21H28N2O4/c1-3-4-5-6-11-22-15-16-9-7-10-17(14-16)27-13-8-12-23-18-19(24)20(25)21(18)26-2/h7,9-10,14-15,23H,3-6,8,11-13H2,1-2H3. The zero-order valence-corrected chi connectivity index (χ0v) is 16.1. The van der Waals surface area contributed by atoms with Gasteiger partial charge in [-0.25, -0.2) is 0 Å². The average molecular weight is 372 g/mol. The Kier molecular flexibility index (Phi) is 8.55. The van der Waals surface area contributed by atoms with Gasteiger partial charge in [0.25, 0.3) is 10.9 Å². The molecule has 0 saturated heterocycles. The summed E-state index contributed by atoms with van der Waals surface area (Å²) in [6, 6.07) is 7.82. The van der Waals surface area contributed by atoms with Gasteiger partial charge in [0.15, 0.2) is 5.75 Å². The molecule has 1 N–H and O–H groups in total. The van der Waals surface area contributed by atoms with E-state index in [1.165, 1.54) is 26.4 Å². The largest absolute Gasteiger partial charge is 0.494 e. The van der Waals surface area contributed by atoms with E-state index in [0.29, 0.717) is 19.6 Å². The van der Waals surface area contributed by atoms with Crippen molar-refractivity contribution in [1.29, 1.82) is 0 Å². The van der Waals surface area contributed by atoms with Crippen LogP contribution >= 0.6 is 0 Å². The molecule has 2 rings (SSSR count). The maximum absolute atomic E-state index is 11.4. The van der Waals surface area contributed by atoms with Gasteiger partial charge in [0.05, 0.1) is 13.7 Å². The molecule has 0 heterocycles. The van der Waals surface area contributed by atoms with Gasteiger partial charge in [-0.3, -0.25) is 14.6 Å². The molecular formula is C21H28N2O4. The van der Waals surface area contributed by atoms with E-state index in [9.17, 15) is 9.59 Å². The monoisotopic (exact) mass is 372 g/mol. The summed E-state index contributed by atoms with van der Waals surface area (Å²) in [5, 5.41) is 2.93. The predicted octanol–water partition coefficient (Wildman–Crippen LogP) is 3.17. The second kappa shape index (κ2) is 11.2. The van der Waals surface area contributed by atoms with Crippen molar-refractivity contribution in [3.8, 4) is 11.5 Å². The molecule has 27 heavy (non-hydrogen) atoms. The second-order valence-electron chi connectivity index (χ2n) is 6.36. The van der Waals surface area contributed by atoms with Crippen LogP contribution < -0.4 is 25.6 Å². The van der Waals surface area contributed by atoms with Gasteiger partial charge in [0, 0.05) is 19.3 Å². The molecule has 0 unspecified atom stereocenters. The lowest BCUT2D eigenvalue weighted by Gasteiger charge is -2.12. The molecule has 2 aromatic rings. The average Bonchev–Trinajstić information content (AvgIpc) is 2.69. The molecule has 0 amide bonds. The van der Waals surface area contributed by atoms with Crippen molar-refractivity contribution in [2.45, 2.75) is 39.0 Å². The summed E-state index contributed by atoms with van der Waals surface area (Å²) in [4.78, 5) is 27.1. The molecule has 0 aliphatic heterocycles. The Bertz CT molecular complexity index is 807. The fraction of sp³-hybridized carbons (Fsp3) is 0.476. The van der Waals surface area contributed by atoms with E-state index >= 15 is 0 Å². The maximum atomic E-state index is 11.4. The first-order valence-electron chi connectivity index (χ1n) is 9.51. The smallest absolute Gasteiger partial charge is 0.271 e. The van der Waals surface area contributed by atoms with Gasteiger partial charge in [-0.1, -0.05) is 38.3 Å². The van der Waals surface area contributed by atoms with Crippen LogP contribution in [-0.4, -0.2) is 33.0 Å². The molecule has 0 saturated carbocycles. The van der Waals surface area contributed by atoms with Crippen LogP contribution in [0.3, 0.4) is 0 Å². The number of ether oxygens (including phenoxy) is 2. The van der Waals surface area contributed by atoms with Crippen LogP contribution in [0.1, 0.15) is 44.6 Å². The van der Waals surface area contributed by atoms with E-state index in [1.54, 1.807) is 0 Å². The zero-order valence-electron chi connectivity index (χ0n) is 16.1. The van der Waals surface area contributed by atoms with Crippen molar-refractivity contribution < 1.29 is 9.47 Å². The third-order valence-corrected chi connectivity index (χ3v) is 4.20. The second-order valence-corrected chi connectivity index (χ2v) is 6.36. The SMILES string of the molecule is CCCCCCN=Cc1cccc(OCCCNc2c(OC)c(=O)c2=O)c1. The molecule has 0 aromatic heterocycles. The van der Waals surface area contributed by atoms with Gasteiger partial charge in [0.2, 0.25) is 0 Å². The summed E-state index contributed by atoms with van der Waals surface area (Å²) in [5.41, 5.74) is 0.198. The molecule has 0 aliphatic rings. The topological polar surface area (TPSA) is 77.0 Å². The van der Waals surface area contributed by atoms with Gasteiger partial charge in [-0.05, 0) is 30.5 Å². The maximum Gasteiger partial charge on any atom is 0.271 e. The van der Waals surface area contributed by atoms with Crippen LogP contribution in [0.25, 0.3) is 0 Å². The minimum Gasteiger partial charge on any atom is -0.494 e. The third kappa shape index (κ3) is 6.24. The van der Waals surface area contributed by atoms with Gasteiger partial charge < -0.3 is 14.8 Å². The molecule has 6 nitrogen and oxygen atoms in total. The lowest BCUT2D eigenvalue weighted by Crippen LogP contribution is -2.35. The van der Waals surface area contributed by atoms with Gasteiger partial charge in [-0.2, -0.15) is 0 Å². The quantitative estimate of drug-likeness (QED) is 0.332. The van der Waals surface area contributed by atoms with Gasteiger partial charge in [-0.15, -0.1) is 0 Å². The lowest BCUT2D eigenvalue weighted by molar-refractivity contribution is 0.315. The summed E-state index contributed by atoms with van der Waals surface area (Å²) in [6.45, 7) is 4.09. The molecule has 2 aromatic carbocycles. The van der Waals surface area contributed by atoms with Crippen LogP contribution in [0.5, 0.6) is 11.5 Å². The molecule has 0 spiro atoms. The number of anilines is 1. The Labute approximate surface area is 159 Å². The van der Waals surface area contributed by atoms with Crippen molar-refractivity contribution in [3.63, 3.8) is 0 Å². The molecule has 0 atom stereocenters. The number of benzene rings is 1. The lowest BCUT2D eigenvalue weighted by atomic mass is 10.2. The van der Waals surface area contributed by atoms with Gasteiger partial charge >= 0.3 is 0 Å². The third-order valence-electron chi connectivity index (χ3n) is 4.20. The Balaban J connectivity index is 1.69. The molecule has 0 radical (unpaired) electrons. The number of hydrogen-bond acceptors (Lipinski definition) is 6. The Morgan fingerprint density at radius 1 is 1.11 bits per heavy atom. The Morgan fingerprint density at radius 2 is 1.96 bits per heavy atom. The molecular weight excluding hydrogens is 344 g/mol. The van der Waals surface area contributed by atoms with Crippen LogP contribution in [0, 0.1) is 0 Å². The number of rotatable bonds is 13. The van der Waals surface area contributed by atoms with Crippen LogP contribution in [0.2, 0.25) is 0 Å². The molecule has 146 valence electrons. The normalized spacial score (nSPS) is 11.2. The summed E-state index contributed by atoms with van der Waals surface area (Å²) in [5.74, 6) is 0.902.